The number of hydrogen-bond acceptors (Lipinski definition) is 7. The number of hydrogen-bond donors (Lipinski definition) is 0. The van der Waals surface area contributed by atoms with Gasteiger partial charge in [0.15, 0.2) is 11.5 Å². The molecule has 1 atom stereocenters. The van der Waals surface area contributed by atoms with Gasteiger partial charge in [0.1, 0.15) is 0 Å². The lowest BCUT2D eigenvalue weighted by Gasteiger charge is -2.30. The molecule has 0 bridgehead atoms. The maximum absolute atomic E-state index is 13.1. The molecule has 1 saturated heterocycles. The summed E-state index contributed by atoms with van der Waals surface area (Å²) in [5.41, 5.74) is 1.67. The normalized spacial score (nSPS) is 17.5. The largest absolute Gasteiger partial charge is 0.493 e. The predicted molar refractivity (Wildman–Crippen MR) is 115 cm³/mol. The van der Waals surface area contributed by atoms with E-state index in [1.807, 2.05) is 19.1 Å². The third-order valence-electron chi connectivity index (χ3n) is 5.48. The fourth-order valence-electron chi connectivity index (χ4n) is 3.80. The van der Waals surface area contributed by atoms with Gasteiger partial charge in [-0.2, -0.15) is 9.29 Å². The second-order valence-electron chi connectivity index (χ2n) is 7.51. The Bertz CT molecular complexity index is 1160. The van der Waals surface area contributed by atoms with Crippen LogP contribution in [0.4, 0.5) is 0 Å². The first-order valence-corrected chi connectivity index (χ1v) is 11.5. The number of methoxy groups -OCH3 is 2. The van der Waals surface area contributed by atoms with Crippen LogP contribution in [0.3, 0.4) is 0 Å². The fraction of sp³-hybridized carbons (Fsp3) is 0.364. The lowest BCUT2D eigenvalue weighted by atomic mass is 10.00. The van der Waals surface area contributed by atoms with E-state index < -0.39 is 10.0 Å². The van der Waals surface area contributed by atoms with Crippen molar-refractivity contribution in [2.45, 2.75) is 30.6 Å². The third-order valence-corrected chi connectivity index (χ3v) is 7.36. The molecule has 2 heterocycles. The van der Waals surface area contributed by atoms with E-state index in [0.717, 1.165) is 18.4 Å². The lowest BCUT2D eigenvalue weighted by Crippen LogP contribution is -2.39. The molecular formula is C22H25N3O5S. The van der Waals surface area contributed by atoms with Gasteiger partial charge in [0.05, 0.1) is 30.6 Å². The van der Waals surface area contributed by atoms with Crippen LogP contribution < -0.4 is 9.47 Å². The van der Waals surface area contributed by atoms with Crippen molar-refractivity contribution in [3.8, 4) is 22.9 Å². The van der Waals surface area contributed by atoms with Gasteiger partial charge >= 0.3 is 0 Å². The van der Waals surface area contributed by atoms with Crippen LogP contribution in [0, 0.1) is 6.92 Å². The number of benzene rings is 2. The Balaban J connectivity index is 1.58. The van der Waals surface area contributed by atoms with Gasteiger partial charge in [0.2, 0.25) is 21.7 Å². The zero-order chi connectivity index (χ0) is 22.0. The van der Waals surface area contributed by atoms with Crippen molar-refractivity contribution in [3.05, 3.63) is 53.9 Å². The zero-order valence-electron chi connectivity index (χ0n) is 17.7. The van der Waals surface area contributed by atoms with E-state index in [0.29, 0.717) is 46.8 Å². The molecule has 1 fully saturated rings. The molecule has 31 heavy (non-hydrogen) atoms. The number of piperidine rings is 1. The molecule has 0 saturated carbocycles. The Morgan fingerprint density at radius 1 is 1.10 bits per heavy atom. The van der Waals surface area contributed by atoms with E-state index >= 15 is 0 Å². The zero-order valence-corrected chi connectivity index (χ0v) is 18.6. The van der Waals surface area contributed by atoms with E-state index in [2.05, 4.69) is 10.1 Å². The van der Waals surface area contributed by atoms with Crippen LogP contribution in [0.5, 0.6) is 11.5 Å². The van der Waals surface area contributed by atoms with Gasteiger partial charge in [-0.25, -0.2) is 8.42 Å². The van der Waals surface area contributed by atoms with Crippen molar-refractivity contribution in [2.75, 3.05) is 27.3 Å². The molecule has 2 aromatic carbocycles. The third kappa shape index (κ3) is 4.15. The van der Waals surface area contributed by atoms with Crippen molar-refractivity contribution in [1.29, 1.82) is 0 Å². The molecule has 0 N–H and O–H groups in total. The summed E-state index contributed by atoms with van der Waals surface area (Å²) in [6, 6.07) is 12.3. The van der Waals surface area contributed by atoms with E-state index in [4.69, 9.17) is 14.0 Å². The second-order valence-corrected chi connectivity index (χ2v) is 9.45. The minimum atomic E-state index is -3.58. The molecule has 0 amide bonds. The summed E-state index contributed by atoms with van der Waals surface area (Å²) in [5.74, 6) is 1.71. The molecule has 0 aliphatic carbocycles. The Morgan fingerprint density at radius 2 is 1.87 bits per heavy atom. The lowest BCUT2D eigenvalue weighted by molar-refractivity contribution is 0.265. The molecule has 8 nitrogen and oxygen atoms in total. The van der Waals surface area contributed by atoms with Crippen LogP contribution in [-0.2, 0) is 10.0 Å². The number of aryl methyl sites for hydroxylation is 1. The van der Waals surface area contributed by atoms with E-state index in [1.165, 1.54) is 4.31 Å². The molecule has 164 valence electrons. The first-order valence-electron chi connectivity index (χ1n) is 10.1. The van der Waals surface area contributed by atoms with Crippen LogP contribution in [0.25, 0.3) is 11.4 Å². The molecule has 1 aliphatic rings. The van der Waals surface area contributed by atoms with E-state index in [-0.39, 0.29) is 5.92 Å². The van der Waals surface area contributed by atoms with Gasteiger partial charge < -0.3 is 14.0 Å². The Morgan fingerprint density at radius 3 is 2.58 bits per heavy atom. The second kappa shape index (κ2) is 8.68. The highest BCUT2D eigenvalue weighted by Gasteiger charge is 2.33. The fourth-order valence-corrected chi connectivity index (χ4v) is 5.32. The van der Waals surface area contributed by atoms with Crippen molar-refractivity contribution in [2.24, 2.45) is 0 Å². The van der Waals surface area contributed by atoms with Crippen molar-refractivity contribution in [1.82, 2.24) is 14.4 Å². The topological polar surface area (TPSA) is 94.8 Å². The molecule has 0 radical (unpaired) electrons. The molecule has 0 unspecified atom stereocenters. The summed E-state index contributed by atoms with van der Waals surface area (Å²) in [4.78, 5) is 4.85. The number of sulfonamides is 1. The quantitative estimate of drug-likeness (QED) is 0.574. The highest BCUT2D eigenvalue weighted by atomic mass is 32.2. The van der Waals surface area contributed by atoms with E-state index in [1.54, 1.807) is 44.6 Å². The van der Waals surface area contributed by atoms with Gasteiger partial charge in [0.25, 0.3) is 0 Å². The number of para-hydroxylation sites is 1. The molecule has 4 rings (SSSR count). The van der Waals surface area contributed by atoms with Gasteiger partial charge in [-0.05, 0) is 44.0 Å². The Hall–Kier alpha value is -2.91. The number of rotatable bonds is 6. The van der Waals surface area contributed by atoms with Crippen LogP contribution in [0.15, 0.2) is 51.9 Å². The summed E-state index contributed by atoms with van der Waals surface area (Å²) in [7, 11) is -0.461. The van der Waals surface area contributed by atoms with Gasteiger partial charge in [-0.3, -0.25) is 0 Å². The predicted octanol–water partition coefficient (Wildman–Crippen LogP) is 3.63. The smallest absolute Gasteiger partial charge is 0.243 e. The molecular weight excluding hydrogens is 418 g/mol. The van der Waals surface area contributed by atoms with Crippen molar-refractivity contribution < 1.29 is 22.4 Å². The van der Waals surface area contributed by atoms with Crippen LogP contribution in [-0.4, -0.2) is 50.2 Å². The van der Waals surface area contributed by atoms with Crippen LogP contribution in [0.2, 0.25) is 0 Å². The molecule has 1 aliphatic heterocycles. The maximum Gasteiger partial charge on any atom is 0.243 e. The highest BCUT2D eigenvalue weighted by Crippen LogP contribution is 2.37. The summed E-state index contributed by atoms with van der Waals surface area (Å²) in [6.07, 6.45) is 1.49. The number of nitrogens with zero attached hydrogens (tertiary/aromatic N) is 3. The number of aromatic nitrogens is 2. The van der Waals surface area contributed by atoms with Crippen LogP contribution in [0.1, 0.15) is 30.2 Å². The van der Waals surface area contributed by atoms with Gasteiger partial charge in [-0.15, -0.1) is 0 Å². The minimum Gasteiger partial charge on any atom is -0.493 e. The van der Waals surface area contributed by atoms with Gasteiger partial charge in [-0.1, -0.05) is 28.9 Å². The molecule has 9 heteroatoms. The van der Waals surface area contributed by atoms with Crippen LogP contribution >= 0.6 is 0 Å². The van der Waals surface area contributed by atoms with Gasteiger partial charge in [0, 0.05) is 13.1 Å². The first-order chi connectivity index (χ1) is 14.9. The highest BCUT2D eigenvalue weighted by molar-refractivity contribution is 7.89. The summed E-state index contributed by atoms with van der Waals surface area (Å²) >= 11 is 0. The average molecular weight is 444 g/mol. The summed E-state index contributed by atoms with van der Waals surface area (Å²) < 4.78 is 44.0. The Labute approximate surface area is 181 Å². The molecule has 1 aromatic heterocycles. The monoisotopic (exact) mass is 443 g/mol. The standard InChI is InChI=1S/C22H25N3O5S/c1-15-9-11-17(12-10-15)31(26,27)25-13-5-6-16(14-25)22-23-21(24-30-22)18-7-4-8-19(28-2)20(18)29-3/h4,7-12,16H,5-6,13-14H2,1-3H3/t16-/m0/s1. The minimum absolute atomic E-state index is 0.174. The SMILES string of the molecule is COc1cccc(-c2noc([C@H]3CCCN(S(=O)(=O)c4ccc(C)cc4)C3)n2)c1OC. The van der Waals surface area contributed by atoms with E-state index in [9.17, 15) is 8.42 Å². The summed E-state index contributed by atoms with van der Waals surface area (Å²) in [5, 5.41) is 4.11. The Kier molecular flexibility index (Phi) is 5.97. The maximum atomic E-state index is 13.1. The average Bonchev–Trinajstić information content (AvgIpc) is 3.29. The van der Waals surface area contributed by atoms with Crippen molar-refractivity contribution >= 4 is 10.0 Å². The molecule has 3 aromatic rings. The summed E-state index contributed by atoms with van der Waals surface area (Å²) in [6.45, 7) is 2.70. The molecule has 0 spiro atoms. The first kappa shape index (κ1) is 21.3. The van der Waals surface area contributed by atoms with Crippen molar-refractivity contribution in [3.63, 3.8) is 0 Å². The number of ether oxygens (including phenoxy) is 2.